The van der Waals surface area contributed by atoms with Crippen molar-refractivity contribution in [2.24, 2.45) is 4.99 Å². The van der Waals surface area contributed by atoms with Crippen LogP contribution in [-0.4, -0.2) is 36.5 Å². The van der Waals surface area contributed by atoms with Crippen LogP contribution < -0.4 is 4.74 Å². The number of hydrogen-bond acceptors (Lipinski definition) is 5. The van der Waals surface area contributed by atoms with Crippen LogP contribution in [0.4, 0.5) is 0 Å². The van der Waals surface area contributed by atoms with Gasteiger partial charge in [-0.3, -0.25) is 14.6 Å². The predicted octanol–water partition coefficient (Wildman–Crippen LogP) is 5.24. The lowest BCUT2D eigenvalue weighted by atomic mass is 10.0. The van der Waals surface area contributed by atoms with Crippen LogP contribution in [0.1, 0.15) is 31.8 Å². The molecular weight excluding hydrogens is 425 g/mol. The first-order valence-electron chi connectivity index (χ1n) is 8.90. The molecule has 0 radical (unpaired) electrons. The fourth-order valence-electron chi connectivity index (χ4n) is 2.79. The summed E-state index contributed by atoms with van der Waals surface area (Å²) in [5.41, 5.74) is 1.41. The van der Waals surface area contributed by atoms with Crippen LogP contribution in [0.15, 0.2) is 65.7 Å². The van der Waals surface area contributed by atoms with Crippen molar-refractivity contribution in [3.05, 3.63) is 93.0 Å². The molecule has 3 aromatic carbocycles. The van der Waals surface area contributed by atoms with Crippen LogP contribution in [0.3, 0.4) is 0 Å². The molecule has 0 atom stereocenters. The van der Waals surface area contributed by atoms with Crippen molar-refractivity contribution in [3.63, 3.8) is 0 Å². The van der Waals surface area contributed by atoms with E-state index in [9.17, 15) is 14.7 Å². The van der Waals surface area contributed by atoms with Crippen LogP contribution in [0.2, 0.25) is 10.0 Å². The minimum atomic E-state index is -0.300. The number of ketones is 2. The molecule has 0 saturated heterocycles. The number of aromatic hydroxyl groups is 1. The van der Waals surface area contributed by atoms with Crippen molar-refractivity contribution in [2.75, 3.05) is 13.7 Å². The maximum atomic E-state index is 12.8. The summed E-state index contributed by atoms with van der Waals surface area (Å²) in [7, 11) is 1.42. The number of Topliss-reactive ketones (excluding diaryl/α,β-unsaturated/α-hetero) is 1. The van der Waals surface area contributed by atoms with Gasteiger partial charge >= 0.3 is 0 Å². The van der Waals surface area contributed by atoms with Gasteiger partial charge in [0, 0.05) is 22.9 Å². The number of nitrogens with zero attached hydrogens (tertiary/aromatic N) is 1. The third kappa shape index (κ3) is 4.70. The van der Waals surface area contributed by atoms with E-state index in [1.54, 1.807) is 42.5 Å². The molecule has 0 aromatic heterocycles. The number of rotatable bonds is 7. The quantitative estimate of drug-likeness (QED) is 0.401. The lowest BCUT2D eigenvalue weighted by Crippen LogP contribution is -2.06. The van der Waals surface area contributed by atoms with Crippen LogP contribution >= 0.6 is 23.2 Å². The standard InChI is InChI=1S/C23H17Cl2NO4/c1-30-20-10-8-15(11-18(20)27)19(28)13-26-12-16-7-9-17(24)21(22(16)25)23(29)14-5-3-2-4-6-14/h2-12,27H,13H2,1H3. The number of halogens is 2. The normalized spacial score (nSPS) is 10.9. The highest BCUT2D eigenvalue weighted by atomic mass is 35.5. The molecule has 3 rings (SSSR count). The molecule has 30 heavy (non-hydrogen) atoms. The van der Waals surface area contributed by atoms with E-state index < -0.39 is 0 Å². The number of carbonyl (C=O) groups excluding carboxylic acids is 2. The highest BCUT2D eigenvalue weighted by Crippen LogP contribution is 2.30. The number of methoxy groups -OCH3 is 1. The van der Waals surface area contributed by atoms with Gasteiger partial charge in [0.1, 0.15) is 6.54 Å². The van der Waals surface area contributed by atoms with Gasteiger partial charge in [0.2, 0.25) is 0 Å². The zero-order valence-corrected chi connectivity index (χ0v) is 17.4. The number of phenolic OH excluding ortho intramolecular Hbond substituents is 1. The maximum Gasteiger partial charge on any atom is 0.196 e. The fourth-order valence-corrected chi connectivity index (χ4v) is 3.38. The lowest BCUT2D eigenvalue weighted by molar-refractivity contribution is 0.1000. The highest BCUT2D eigenvalue weighted by Gasteiger charge is 2.18. The molecule has 7 heteroatoms. The number of benzene rings is 3. The van der Waals surface area contributed by atoms with Gasteiger partial charge in [-0.2, -0.15) is 0 Å². The predicted molar refractivity (Wildman–Crippen MR) is 118 cm³/mol. The number of aliphatic imine (C=N–C) groups is 1. The van der Waals surface area contributed by atoms with E-state index in [-0.39, 0.29) is 45.2 Å². The molecule has 0 aliphatic rings. The molecule has 1 N–H and O–H groups in total. The lowest BCUT2D eigenvalue weighted by Gasteiger charge is -2.09. The molecule has 0 unspecified atom stereocenters. The van der Waals surface area contributed by atoms with E-state index in [0.29, 0.717) is 16.7 Å². The molecule has 0 spiro atoms. The topological polar surface area (TPSA) is 76.0 Å². The van der Waals surface area contributed by atoms with E-state index in [0.717, 1.165) is 0 Å². The van der Waals surface area contributed by atoms with E-state index in [1.165, 1.54) is 25.5 Å². The third-order valence-corrected chi connectivity index (χ3v) is 5.07. The monoisotopic (exact) mass is 441 g/mol. The zero-order chi connectivity index (χ0) is 21.7. The third-order valence-electron chi connectivity index (χ3n) is 4.35. The van der Waals surface area contributed by atoms with Crippen LogP contribution in [-0.2, 0) is 0 Å². The zero-order valence-electron chi connectivity index (χ0n) is 15.9. The van der Waals surface area contributed by atoms with Gasteiger partial charge in [-0.05, 0) is 24.3 Å². The van der Waals surface area contributed by atoms with Crippen molar-refractivity contribution in [3.8, 4) is 11.5 Å². The van der Waals surface area contributed by atoms with Crippen LogP contribution in [0.25, 0.3) is 0 Å². The Morgan fingerprint density at radius 2 is 1.77 bits per heavy atom. The Morgan fingerprint density at radius 1 is 1.03 bits per heavy atom. The van der Waals surface area contributed by atoms with Crippen LogP contribution in [0, 0.1) is 0 Å². The van der Waals surface area contributed by atoms with E-state index in [2.05, 4.69) is 4.99 Å². The Bertz CT molecular complexity index is 1130. The summed E-state index contributed by atoms with van der Waals surface area (Å²) in [5.74, 6) is -0.448. The Morgan fingerprint density at radius 3 is 2.43 bits per heavy atom. The highest BCUT2D eigenvalue weighted by molar-refractivity contribution is 6.42. The minimum Gasteiger partial charge on any atom is -0.504 e. The Hall–Kier alpha value is -3.15. The summed E-state index contributed by atoms with van der Waals surface area (Å²) in [6.45, 7) is -0.160. The number of carbonyl (C=O) groups is 2. The van der Waals surface area contributed by atoms with E-state index >= 15 is 0 Å². The molecule has 0 bridgehead atoms. The summed E-state index contributed by atoms with van der Waals surface area (Å²) in [6.07, 6.45) is 1.42. The first-order valence-corrected chi connectivity index (χ1v) is 9.65. The molecule has 0 amide bonds. The molecule has 5 nitrogen and oxygen atoms in total. The second-order valence-electron chi connectivity index (χ2n) is 6.30. The molecular formula is C23H17Cl2NO4. The Labute approximate surface area is 183 Å². The van der Waals surface area contributed by atoms with Gasteiger partial charge in [-0.25, -0.2) is 0 Å². The molecule has 3 aromatic rings. The second-order valence-corrected chi connectivity index (χ2v) is 7.09. The summed E-state index contributed by atoms with van der Waals surface area (Å²) in [6, 6.07) is 16.2. The second kappa shape index (κ2) is 9.57. The molecule has 0 fully saturated rings. The van der Waals surface area contributed by atoms with Gasteiger partial charge in [0.05, 0.1) is 22.7 Å². The van der Waals surface area contributed by atoms with Gasteiger partial charge < -0.3 is 9.84 Å². The van der Waals surface area contributed by atoms with Crippen LogP contribution in [0.5, 0.6) is 11.5 Å². The van der Waals surface area contributed by atoms with Crippen molar-refractivity contribution in [2.45, 2.75) is 0 Å². The first-order chi connectivity index (χ1) is 14.4. The van der Waals surface area contributed by atoms with Gasteiger partial charge in [-0.1, -0.05) is 59.6 Å². The van der Waals surface area contributed by atoms with E-state index in [4.69, 9.17) is 27.9 Å². The van der Waals surface area contributed by atoms with Crippen molar-refractivity contribution < 1.29 is 19.4 Å². The van der Waals surface area contributed by atoms with E-state index in [1.807, 2.05) is 6.07 Å². The largest absolute Gasteiger partial charge is 0.504 e. The average Bonchev–Trinajstić information content (AvgIpc) is 2.75. The minimum absolute atomic E-state index is 0.128. The molecule has 0 aliphatic heterocycles. The maximum absolute atomic E-state index is 12.8. The van der Waals surface area contributed by atoms with Gasteiger partial charge in [-0.15, -0.1) is 0 Å². The number of phenols is 1. The van der Waals surface area contributed by atoms with Crippen molar-refractivity contribution in [1.29, 1.82) is 0 Å². The van der Waals surface area contributed by atoms with Crippen molar-refractivity contribution >= 4 is 41.0 Å². The SMILES string of the molecule is COc1ccc(C(=O)CN=Cc2ccc(Cl)c(C(=O)c3ccccc3)c2Cl)cc1O. The summed E-state index contributed by atoms with van der Waals surface area (Å²) >= 11 is 12.6. The molecule has 0 saturated carbocycles. The van der Waals surface area contributed by atoms with Crippen molar-refractivity contribution in [1.82, 2.24) is 0 Å². The average molecular weight is 442 g/mol. The molecule has 0 aliphatic carbocycles. The molecule has 152 valence electrons. The molecule has 0 heterocycles. The number of ether oxygens (including phenoxy) is 1. The first kappa shape index (κ1) is 21.6. The summed E-state index contributed by atoms with van der Waals surface area (Å²) in [4.78, 5) is 29.2. The Kier molecular flexibility index (Phi) is 6.87. The summed E-state index contributed by atoms with van der Waals surface area (Å²) in [5, 5.41) is 10.2. The van der Waals surface area contributed by atoms with Gasteiger partial charge in [0.25, 0.3) is 0 Å². The fraction of sp³-hybridized carbons (Fsp3) is 0.0870. The van der Waals surface area contributed by atoms with Gasteiger partial charge in [0.15, 0.2) is 23.1 Å². The smallest absolute Gasteiger partial charge is 0.196 e. The Balaban J connectivity index is 1.80. The summed E-state index contributed by atoms with van der Waals surface area (Å²) < 4.78 is 4.96. The number of hydrogen-bond donors (Lipinski definition) is 1.